The highest BCUT2D eigenvalue weighted by Gasteiger charge is 2.25. The maximum Gasteiger partial charge on any atom is 0.0933 e. The molecule has 1 aromatic carbocycles. The van der Waals surface area contributed by atoms with Crippen LogP contribution in [0.15, 0.2) is 36.5 Å². The highest BCUT2D eigenvalue weighted by Crippen LogP contribution is 2.26. The lowest BCUT2D eigenvalue weighted by Gasteiger charge is -2.33. The summed E-state index contributed by atoms with van der Waals surface area (Å²) in [4.78, 5) is 4.42. The summed E-state index contributed by atoms with van der Waals surface area (Å²) in [5.41, 5.74) is 7.95. The first-order valence-electron chi connectivity index (χ1n) is 5.69. The first-order valence-corrected chi connectivity index (χ1v) is 5.69. The molecule has 1 aliphatic rings. The minimum absolute atomic E-state index is 0.375. The summed E-state index contributed by atoms with van der Waals surface area (Å²) >= 11 is 0. The molecule has 1 aromatic heterocycles. The van der Waals surface area contributed by atoms with Gasteiger partial charge >= 0.3 is 0 Å². The highest BCUT2D eigenvalue weighted by molar-refractivity contribution is 5.90. The zero-order valence-corrected chi connectivity index (χ0v) is 9.06. The number of anilines is 1. The summed E-state index contributed by atoms with van der Waals surface area (Å²) < 4.78 is 0. The first kappa shape index (κ1) is 9.60. The molecule has 16 heavy (non-hydrogen) atoms. The molecule has 3 nitrogen and oxygen atoms in total. The van der Waals surface area contributed by atoms with Crippen LogP contribution >= 0.6 is 0 Å². The summed E-state index contributed by atoms with van der Waals surface area (Å²) in [5.74, 6) is 0. The second-order valence-electron chi connectivity index (χ2n) is 4.45. The predicted molar refractivity (Wildman–Crippen MR) is 66.4 cm³/mol. The van der Waals surface area contributed by atoms with Gasteiger partial charge in [-0.15, -0.1) is 0 Å². The minimum atomic E-state index is 0.375. The van der Waals surface area contributed by atoms with Gasteiger partial charge in [-0.05, 0) is 25.0 Å². The molecule has 3 heteroatoms. The van der Waals surface area contributed by atoms with Gasteiger partial charge in [0.05, 0.1) is 11.2 Å². The average Bonchev–Trinajstić information content (AvgIpc) is 2.27. The Balaban J connectivity index is 1.91. The largest absolute Gasteiger partial charge is 0.380 e. The van der Waals surface area contributed by atoms with E-state index in [0.717, 1.165) is 24.0 Å². The smallest absolute Gasteiger partial charge is 0.0933 e. The van der Waals surface area contributed by atoms with Crippen molar-refractivity contribution in [1.29, 1.82) is 0 Å². The van der Waals surface area contributed by atoms with Crippen LogP contribution in [0, 0.1) is 0 Å². The van der Waals surface area contributed by atoms with Crippen molar-refractivity contribution in [3.05, 3.63) is 36.5 Å². The number of nitrogens with zero attached hydrogens (tertiary/aromatic N) is 1. The molecule has 1 saturated carbocycles. The van der Waals surface area contributed by atoms with Crippen molar-refractivity contribution in [2.24, 2.45) is 5.73 Å². The summed E-state index contributed by atoms with van der Waals surface area (Å²) in [5, 5.41) is 4.69. The number of aromatic nitrogens is 1. The van der Waals surface area contributed by atoms with E-state index in [1.54, 1.807) is 0 Å². The number of nitrogens with two attached hydrogens (primary N) is 1. The topological polar surface area (TPSA) is 50.9 Å². The standard InChI is InChI=1S/C13H15N3/c14-10-7-11(8-10)16-12-5-1-3-9-4-2-6-15-13(9)12/h1-6,10-11,16H,7-8,14H2. The lowest BCUT2D eigenvalue weighted by molar-refractivity contribution is 0.374. The van der Waals surface area contributed by atoms with Crippen molar-refractivity contribution >= 4 is 16.6 Å². The molecule has 1 fully saturated rings. The van der Waals surface area contributed by atoms with Crippen molar-refractivity contribution in [1.82, 2.24) is 4.98 Å². The number of benzene rings is 1. The third kappa shape index (κ3) is 1.63. The number of nitrogens with one attached hydrogen (secondary N) is 1. The SMILES string of the molecule is NC1CC(Nc2cccc3cccnc23)C1. The Kier molecular flexibility index (Phi) is 2.26. The highest BCUT2D eigenvalue weighted by atomic mass is 15.0. The molecule has 0 aliphatic heterocycles. The van der Waals surface area contributed by atoms with Gasteiger partial charge in [0.1, 0.15) is 0 Å². The van der Waals surface area contributed by atoms with E-state index >= 15 is 0 Å². The zero-order chi connectivity index (χ0) is 11.0. The van der Waals surface area contributed by atoms with Crippen molar-refractivity contribution < 1.29 is 0 Å². The van der Waals surface area contributed by atoms with Gasteiger partial charge in [0.25, 0.3) is 0 Å². The van der Waals surface area contributed by atoms with Crippen molar-refractivity contribution in [3.8, 4) is 0 Å². The molecular formula is C13H15N3. The Morgan fingerprint density at radius 3 is 2.81 bits per heavy atom. The van der Waals surface area contributed by atoms with Gasteiger partial charge in [0, 0.05) is 23.7 Å². The molecule has 0 amide bonds. The number of rotatable bonds is 2. The van der Waals surface area contributed by atoms with E-state index < -0.39 is 0 Å². The van der Waals surface area contributed by atoms with E-state index in [4.69, 9.17) is 5.73 Å². The third-order valence-electron chi connectivity index (χ3n) is 3.17. The van der Waals surface area contributed by atoms with Crippen LogP contribution in [-0.2, 0) is 0 Å². The molecule has 0 atom stereocenters. The number of para-hydroxylation sites is 1. The van der Waals surface area contributed by atoms with Crippen LogP contribution in [0.1, 0.15) is 12.8 Å². The fourth-order valence-corrected chi connectivity index (χ4v) is 2.22. The van der Waals surface area contributed by atoms with Gasteiger partial charge in [-0.2, -0.15) is 0 Å². The van der Waals surface area contributed by atoms with E-state index in [1.165, 1.54) is 5.39 Å². The van der Waals surface area contributed by atoms with Gasteiger partial charge in [0.2, 0.25) is 0 Å². The number of pyridine rings is 1. The van der Waals surface area contributed by atoms with Gasteiger partial charge in [-0.1, -0.05) is 18.2 Å². The summed E-state index contributed by atoms with van der Waals surface area (Å²) in [6.45, 7) is 0. The van der Waals surface area contributed by atoms with Gasteiger partial charge in [0.15, 0.2) is 0 Å². The molecule has 0 radical (unpaired) electrons. The van der Waals surface area contributed by atoms with Crippen molar-refractivity contribution in [2.45, 2.75) is 24.9 Å². The molecule has 0 bridgehead atoms. The maximum absolute atomic E-state index is 5.78. The van der Waals surface area contributed by atoms with Gasteiger partial charge in [-0.25, -0.2) is 0 Å². The molecule has 0 unspecified atom stereocenters. The molecule has 3 N–H and O–H groups in total. The Morgan fingerprint density at radius 2 is 2.00 bits per heavy atom. The van der Waals surface area contributed by atoms with E-state index in [0.29, 0.717) is 12.1 Å². The van der Waals surface area contributed by atoms with E-state index in [9.17, 15) is 0 Å². The van der Waals surface area contributed by atoms with E-state index in [-0.39, 0.29) is 0 Å². The number of fused-ring (bicyclic) bond motifs is 1. The molecule has 3 rings (SSSR count). The molecule has 82 valence electrons. The Morgan fingerprint density at radius 1 is 1.19 bits per heavy atom. The molecule has 0 spiro atoms. The third-order valence-corrected chi connectivity index (χ3v) is 3.17. The summed E-state index contributed by atoms with van der Waals surface area (Å²) in [7, 11) is 0. The zero-order valence-electron chi connectivity index (χ0n) is 9.06. The van der Waals surface area contributed by atoms with Gasteiger partial charge < -0.3 is 11.1 Å². The van der Waals surface area contributed by atoms with Crippen LogP contribution < -0.4 is 11.1 Å². The Bertz CT molecular complexity index is 498. The summed E-state index contributed by atoms with van der Waals surface area (Å²) in [6.07, 6.45) is 3.95. The second kappa shape index (κ2) is 3.76. The van der Waals surface area contributed by atoms with Gasteiger partial charge in [-0.3, -0.25) is 4.98 Å². The minimum Gasteiger partial charge on any atom is -0.380 e. The van der Waals surface area contributed by atoms with Crippen LogP contribution in [0.4, 0.5) is 5.69 Å². The average molecular weight is 213 g/mol. The molecular weight excluding hydrogens is 198 g/mol. The number of hydrogen-bond acceptors (Lipinski definition) is 3. The van der Waals surface area contributed by atoms with Crippen LogP contribution in [0.5, 0.6) is 0 Å². The van der Waals surface area contributed by atoms with Crippen LogP contribution in [0.25, 0.3) is 10.9 Å². The van der Waals surface area contributed by atoms with Crippen LogP contribution in [0.3, 0.4) is 0 Å². The van der Waals surface area contributed by atoms with Crippen molar-refractivity contribution in [3.63, 3.8) is 0 Å². The number of hydrogen-bond donors (Lipinski definition) is 2. The van der Waals surface area contributed by atoms with Crippen molar-refractivity contribution in [2.75, 3.05) is 5.32 Å². The fraction of sp³-hybridized carbons (Fsp3) is 0.308. The lowest BCUT2D eigenvalue weighted by Crippen LogP contribution is -2.44. The van der Waals surface area contributed by atoms with E-state index in [1.807, 2.05) is 12.3 Å². The first-order chi connectivity index (χ1) is 7.83. The van der Waals surface area contributed by atoms with E-state index in [2.05, 4.69) is 34.6 Å². The fourth-order valence-electron chi connectivity index (χ4n) is 2.22. The monoisotopic (exact) mass is 213 g/mol. The Labute approximate surface area is 94.7 Å². The lowest BCUT2D eigenvalue weighted by atomic mass is 9.87. The Hall–Kier alpha value is -1.61. The summed E-state index contributed by atoms with van der Waals surface area (Å²) in [6, 6.07) is 11.2. The maximum atomic E-state index is 5.78. The van der Waals surface area contributed by atoms with Crippen LogP contribution in [-0.4, -0.2) is 17.1 Å². The quantitative estimate of drug-likeness (QED) is 0.803. The predicted octanol–water partition coefficient (Wildman–Crippen LogP) is 2.14. The second-order valence-corrected chi connectivity index (χ2v) is 4.45. The molecule has 0 saturated heterocycles. The molecule has 2 aromatic rings. The van der Waals surface area contributed by atoms with Crippen LogP contribution in [0.2, 0.25) is 0 Å². The molecule has 1 heterocycles. The molecule has 1 aliphatic carbocycles. The normalized spacial score (nSPS) is 24.1.